The third-order valence-electron chi connectivity index (χ3n) is 3.75. The first-order chi connectivity index (χ1) is 12.7. The highest BCUT2D eigenvalue weighted by molar-refractivity contribution is 6.11. The van der Waals surface area contributed by atoms with Gasteiger partial charge in [-0.15, -0.1) is 0 Å². The minimum atomic E-state index is -0.286. The van der Waals surface area contributed by atoms with E-state index in [1.165, 1.54) is 0 Å². The van der Waals surface area contributed by atoms with Crippen molar-refractivity contribution in [2.75, 3.05) is 5.73 Å². The molecule has 1 amide bonds. The number of hydrogen-bond donors (Lipinski definition) is 2. The maximum atomic E-state index is 12.3. The zero-order valence-electron chi connectivity index (χ0n) is 14.2. The Morgan fingerprint density at radius 1 is 0.808 bits per heavy atom. The number of amides is 1. The van der Waals surface area contributed by atoms with Crippen molar-refractivity contribution in [1.82, 2.24) is 5.43 Å². The molecule has 3 rings (SSSR count). The summed E-state index contributed by atoms with van der Waals surface area (Å²) >= 11 is 0. The average molecular weight is 341 g/mol. The summed E-state index contributed by atoms with van der Waals surface area (Å²) in [7, 11) is 0. The molecular weight excluding hydrogens is 322 g/mol. The number of nitrogen functional groups attached to an aromatic ring is 1. The SMILES string of the molecule is Nc1ccc(C(=O)NN=C(/C=C/c2ccccc2)c2ccccc2)cc1. The van der Waals surface area contributed by atoms with E-state index in [4.69, 9.17) is 5.73 Å². The quantitative estimate of drug-likeness (QED) is 0.416. The fraction of sp³-hybridized carbons (Fsp3) is 0. The van der Waals surface area contributed by atoms with Gasteiger partial charge in [0.15, 0.2) is 0 Å². The van der Waals surface area contributed by atoms with Crippen LogP contribution in [0.4, 0.5) is 5.69 Å². The van der Waals surface area contributed by atoms with Crippen molar-refractivity contribution in [2.24, 2.45) is 5.10 Å². The summed E-state index contributed by atoms with van der Waals surface area (Å²) < 4.78 is 0. The number of anilines is 1. The van der Waals surface area contributed by atoms with Gasteiger partial charge in [-0.2, -0.15) is 5.10 Å². The van der Waals surface area contributed by atoms with Gasteiger partial charge in [0.2, 0.25) is 0 Å². The Bertz CT molecular complexity index is 915. The highest BCUT2D eigenvalue weighted by atomic mass is 16.2. The van der Waals surface area contributed by atoms with E-state index < -0.39 is 0 Å². The summed E-state index contributed by atoms with van der Waals surface area (Å²) in [4.78, 5) is 12.3. The van der Waals surface area contributed by atoms with Crippen molar-refractivity contribution in [1.29, 1.82) is 0 Å². The van der Waals surface area contributed by atoms with Crippen LogP contribution in [0.1, 0.15) is 21.5 Å². The van der Waals surface area contributed by atoms with E-state index in [2.05, 4.69) is 10.5 Å². The topological polar surface area (TPSA) is 67.5 Å². The van der Waals surface area contributed by atoms with Gasteiger partial charge in [0.1, 0.15) is 0 Å². The van der Waals surface area contributed by atoms with Crippen molar-refractivity contribution in [2.45, 2.75) is 0 Å². The molecule has 0 saturated carbocycles. The average Bonchev–Trinajstić information content (AvgIpc) is 2.70. The Morgan fingerprint density at radius 3 is 2.08 bits per heavy atom. The van der Waals surface area contributed by atoms with Crippen LogP contribution in [0.25, 0.3) is 6.08 Å². The van der Waals surface area contributed by atoms with Crippen molar-refractivity contribution in [3.05, 3.63) is 108 Å². The van der Waals surface area contributed by atoms with Crippen LogP contribution >= 0.6 is 0 Å². The molecule has 0 atom stereocenters. The molecule has 0 aliphatic rings. The molecular formula is C22H19N3O. The second kappa shape index (κ2) is 8.44. The number of carbonyl (C=O) groups is 1. The summed E-state index contributed by atoms with van der Waals surface area (Å²) in [5.41, 5.74) is 12.0. The molecule has 0 heterocycles. The Morgan fingerprint density at radius 2 is 1.42 bits per heavy atom. The predicted octanol–water partition coefficient (Wildman–Crippen LogP) is 4.12. The van der Waals surface area contributed by atoms with Crippen molar-refractivity contribution in [3.63, 3.8) is 0 Å². The van der Waals surface area contributed by atoms with Gasteiger partial charge >= 0.3 is 0 Å². The fourth-order valence-electron chi connectivity index (χ4n) is 2.36. The molecule has 3 N–H and O–H groups in total. The Labute approximate surface area is 152 Å². The lowest BCUT2D eigenvalue weighted by Crippen LogP contribution is -2.19. The van der Waals surface area contributed by atoms with Crippen LogP contribution in [-0.4, -0.2) is 11.6 Å². The molecule has 3 aromatic carbocycles. The lowest BCUT2D eigenvalue weighted by Gasteiger charge is -2.04. The number of carbonyl (C=O) groups excluding carboxylic acids is 1. The number of rotatable bonds is 5. The molecule has 0 unspecified atom stereocenters. The number of hydrazone groups is 1. The number of benzene rings is 3. The molecule has 4 nitrogen and oxygen atoms in total. The van der Waals surface area contributed by atoms with Crippen LogP contribution in [0.2, 0.25) is 0 Å². The molecule has 0 radical (unpaired) electrons. The number of nitrogens with one attached hydrogen (secondary N) is 1. The lowest BCUT2D eigenvalue weighted by molar-refractivity contribution is 0.0955. The van der Waals surface area contributed by atoms with E-state index in [0.717, 1.165) is 11.1 Å². The maximum absolute atomic E-state index is 12.3. The third-order valence-corrected chi connectivity index (χ3v) is 3.75. The second-order valence-corrected chi connectivity index (χ2v) is 5.67. The van der Waals surface area contributed by atoms with Crippen LogP contribution in [0.15, 0.2) is 96.1 Å². The van der Waals surface area contributed by atoms with Gasteiger partial charge in [0.05, 0.1) is 5.71 Å². The summed E-state index contributed by atoms with van der Waals surface area (Å²) in [6, 6.07) is 26.3. The highest BCUT2D eigenvalue weighted by Gasteiger charge is 2.05. The maximum Gasteiger partial charge on any atom is 0.271 e. The largest absolute Gasteiger partial charge is 0.399 e. The second-order valence-electron chi connectivity index (χ2n) is 5.67. The summed E-state index contributed by atoms with van der Waals surface area (Å²) in [6.07, 6.45) is 3.84. The van der Waals surface area contributed by atoms with Gasteiger partial charge in [-0.1, -0.05) is 66.7 Å². The molecule has 4 heteroatoms. The first-order valence-electron chi connectivity index (χ1n) is 8.24. The van der Waals surface area contributed by atoms with Crippen LogP contribution in [0.3, 0.4) is 0 Å². The summed E-state index contributed by atoms with van der Waals surface area (Å²) in [5, 5.41) is 4.31. The van der Waals surface area contributed by atoms with Crippen LogP contribution < -0.4 is 11.2 Å². The van der Waals surface area contributed by atoms with E-state index in [-0.39, 0.29) is 5.91 Å². The first-order valence-corrected chi connectivity index (χ1v) is 8.24. The summed E-state index contributed by atoms with van der Waals surface area (Å²) in [5.74, 6) is -0.286. The molecule has 128 valence electrons. The van der Waals surface area contributed by atoms with Crippen LogP contribution in [0.5, 0.6) is 0 Å². The standard InChI is InChI=1S/C22H19N3O/c23-20-14-12-19(13-15-20)22(26)25-24-21(18-9-5-2-6-10-18)16-11-17-7-3-1-4-8-17/h1-16H,23H2,(H,25,26)/b16-11+,24-21?. The monoisotopic (exact) mass is 341 g/mol. The van der Waals surface area contributed by atoms with E-state index in [9.17, 15) is 4.79 Å². The van der Waals surface area contributed by atoms with Gasteiger partial charge in [0, 0.05) is 16.8 Å². The van der Waals surface area contributed by atoms with Gasteiger partial charge in [-0.3, -0.25) is 4.79 Å². The Hall–Kier alpha value is -3.66. The van der Waals surface area contributed by atoms with E-state index >= 15 is 0 Å². The van der Waals surface area contributed by atoms with Crippen molar-refractivity contribution < 1.29 is 4.79 Å². The predicted molar refractivity (Wildman–Crippen MR) is 107 cm³/mol. The van der Waals surface area contributed by atoms with Crippen molar-refractivity contribution >= 4 is 23.4 Å². The molecule has 0 fully saturated rings. The van der Waals surface area contributed by atoms with Crippen molar-refractivity contribution in [3.8, 4) is 0 Å². The smallest absolute Gasteiger partial charge is 0.271 e. The van der Waals surface area contributed by atoms with Crippen LogP contribution in [-0.2, 0) is 0 Å². The van der Waals surface area contributed by atoms with Gasteiger partial charge in [-0.05, 0) is 35.9 Å². The molecule has 0 spiro atoms. The van der Waals surface area contributed by atoms with Gasteiger partial charge < -0.3 is 5.73 Å². The molecule has 0 aliphatic carbocycles. The molecule has 0 aromatic heterocycles. The summed E-state index contributed by atoms with van der Waals surface area (Å²) in [6.45, 7) is 0. The van der Waals surface area contributed by atoms with E-state index in [1.54, 1.807) is 24.3 Å². The van der Waals surface area contributed by atoms with E-state index in [1.807, 2.05) is 72.8 Å². The number of allylic oxidation sites excluding steroid dienone is 1. The minimum Gasteiger partial charge on any atom is -0.399 e. The molecule has 0 saturated heterocycles. The fourth-order valence-corrected chi connectivity index (χ4v) is 2.36. The number of nitrogens with two attached hydrogens (primary N) is 1. The minimum absolute atomic E-state index is 0.286. The number of hydrogen-bond acceptors (Lipinski definition) is 3. The first kappa shape index (κ1) is 17.2. The van der Waals surface area contributed by atoms with Crippen LogP contribution in [0, 0.1) is 0 Å². The van der Waals surface area contributed by atoms with Gasteiger partial charge in [0.25, 0.3) is 5.91 Å². The molecule has 3 aromatic rings. The highest BCUT2D eigenvalue weighted by Crippen LogP contribution is 2.08. The lowest BCUT2D eigenvalue weighted by atomic mass is 10.1. The molecule has 0 aliphatic heterocycles. The normalized spacial score (nSPS) is 11.5. The Balaban J connectivity index is 1.83. The van der Waals surface area contributed by atoms with Gasteiger partial charge in [-0.25, -0.2) is 5.43 Å². The molecule has 0 bridgehead atoms. The molecule has 26 heavy (non-hydrogen) atoms. The zero-order chi connectivity index (χ0) is 18.2. The number of nitrogens with zero attached hydrogens (tertiary/aromatic N) is 1. The van der Waals surface area contributed by atoms with E-state index in [0.29, 0.717) is 17.0 Å². The Kier molecular flexibility index (Phi) is 5.58. The third kappa shape index (κ3) is 4.68. The zero-order valence-corrected chi connectivity index (χ0v) is 14.2.